The predicted octanol–water partition coefficient (Wildman–Crippen LogP) is 2.18. The maximum atomic E-state index is 8.99. The molecule has 2 aromatic rings. The molecule has 0 atom stereocenters. The van der Waals surface area contributed by atoms with Gasteiger partial charge in [0.2, 0.25) is 0 Å². The molecule has 0 unspecified atom stereocenters. The van der Waals surface area contributed by atoms with E-state index in [0.29, 0.717) is 17.8 Å². The van der Waals surface area contributed by atoms with Crippen molar-refractivity contribution < 1.29 is 4.74 Å². The third kappa shape index (κ3) is 2.81. The Morgan fingerprint density at radius 3 is 2.85 bits per heavy atom. The van der Waals surface area contributed by atoms with Crippen molar-refractivity contribution in [2.24, 2.45) is 0 Å². The van der Waals surface area contributed by atoms with E-state index in [1.54, 1.807) is 31.6 Å². The van der Waals surface area contributed by atoms with Gasteiger partial charge in [-0.05, 0) is 24.3 Å². The molecule has 1 aromatic heterocycles. The minimum Gasteiger partial charge on any atom is -0.496 e. The molecule has 1 heterocycles. The highest BCUT2D eigenvalue weighted by Gasteiger charge is 2.10. The number of nitrogens with zero attached hydrogens (tertiary/aromatic N) is 3. The third-order valence-electron chi connectivity index (χ3n) is 3.06. The van der Waals surface area contributed by atoms with E-state index in [4.69, 9.17) is 15.7 Å². The van der Waals surface area contributed by atoms with Crippen molar-refractivity contribution in [1.82, 2.24) is 4.98 Å². The molecular formula is C15H16N4O. The van der Waals surface area contributed by atoms with E-state index in [1.807, 2.05) is 24.1 Å². The Bertz CT molecular complexity index is 649. The number of hydrogen-bond acceptors (Lipinski definition) is 5. The van der Waals surface area contributed by atoms with Gasteiger partial charge < -0.3 is 15.4 Å². The Kier molecular flexibility index (Phi) is 4.06. The van der Waals surface area contributed by atoms with Crippen molar-refractivity contribution in [3.8, 4) is 11.8 Å². The van der Waals surface area contributed by atoms with Crippen LogP contribution >= 0.6 is 0 Å². The Labute approximate surface area is 118 Å². The molecule has 0 spiro atoms. The van der Waals surface area contributed by atoms with Crippen LogP contribution in [0.5, 0.6) is 5.75 Å². The number of nitrogen functional groups attached to an aromatic ring is 1. The van der Waals surface area contributed by atoms with E-state index >= 15 is 0 Å². The van der Waals surface area contributed by atoms with Crippen LogP contribution in [0.2, 0.25) is 0 Å². The first kappa shape index (κ1) is 13.7. The molecule has 2 rings (SSSR count). The van der Waals surface area contributed by atoms with Crippen molar-refractivity contribution in [3.05, 3.63) is 47.8 Å². The van der Waals surface area contributed by atoms with Crippen molar-refractivity contribution in [2.45, 2.75) is 6.54 Å². The van der Waals surface area contributed by atoms with Crippen LogP contribution in [0.15, 0.2) is 36.7 Å². The van der Waals surface area contributed by atoms with Crippen molar-refractivity contribution >= 4 is 11.4 Å². The molecule has 0 aliphatic rings. The molecule has 0 aliphatic heterocycles. The second kappa shape index (κ2) is 5.93. The van der Waals surface area contributed by atoms with Gasteiger partial charge in [-0.2, -0.15) is 5.26 Å². The summed E-state index contributed by atoms with van der Waals surface area (Å²) in [5.41, 5.74) is 8.97. The van der Waals surface area contributed by atoms with Gasteiger partial charge in [-0.1, -0.05) is 0 Å². The predicted molar refractivity (Wildman–Crippen MR) is 78.5 cm³/mol. The molecule has 0 fully saturated rings. The number of methoxy groups -OCH3 is 1. The monoisotopic (exact) mass is 268 g/mol. The third-order valence-corrected chi connectivity index (χ3v) is 3.06. The second-order valence-corrected chi connectivity index (χ2v) is 4.43. The number of aromatic nitrogens is 1. The molecule has 5 heteroatoms. The number of ether oxygens (including phenoxy) is 1. The maximum absolute atomic E-state index is 8.99. The van der Waals surface area contributed by atoms with Crippen LogP contribution in [0, 0.1) is 11.3 Å². The van der Waals surface area contributed by atoms with E-state index in [9.17, 15) is 0 Å². The first-order chi connectivity index (χ1) is 9.65. The Balaban J connectivity index is 2.30. The minimum absolute atomic E-state index is 0.590. The summed E-state index contributed by atoms with van der Waals surface area (Å²) in [5.74, 6) is 0.753. The first-order valence-corrected chi connectivity index (χ1v) is 6.13. The molecule has 0 saturated carbocycles. The molecule has 5 nitrogen and oxygen atoms in total. The fourth-order valence-corrected chi connectivity index (χ4v) is 2.06. The first-order valence-electron chi connectivity index (χ1n) is 6.13. The molecule has 1 aromatic carbocycles. The summed E-state index contributed by atoms with van der Waals surface area (Å²) >= 11 is 0. The van der Waals surface area contributed by atoms with Crippen LogP contribution in [0.4, 0.5) is 11.4 Å². The van der Waals surface area contributed by atoms with Gasteiger partial charge in [0.15, 0.2) is 0 Å². The molecule has 0 amide bonds. The fourth-order valence-electron chi connectivity index (χ4n) is 2.06. The highest BCUT2D eigenvalue weighted by atomic mass is 16.5. The lowest BCUT2D eigenvalue weighted by Crippen LogP contribution is -2.18. The van der Waals surface area contributed by atoms with Crippen LogP contribution in [0.25, 0.3) is 0 Å². The molecule has 0 bridgehead atoms. The van der Waals surface area contributed by atoms with Crippen molar-refractivity contribution in [3.63, 3.8) is 0 Å². The Morgan fingerprint density at radius 2 is 2.20 bits per heavy atom. The summed E-state index contributed by atoms with van der Waals surface area (Å²) in [6, 6.07) is 9.36. The van der Waals surface area contributed by atoms with Gasteiger partial charge >= 0.3 is 0 Å². The zero-order valence-corrected chi connectivity index (χ0v) is 11.5. The molecule has 0 saturated heterocycles. The molecule has 2 N–H and O–H groups in total. The number of nitriles is 1. The van der Waals surface area contributed by atoms with Crippen LogP contribution in [-0.2, 0) is 6.54 Å². The molecule has 0 aliphatic carbocycles. The number of pyridine rings is 1. The highest BCUT2D eigenvalue weighted by Crippen LogP contribution is 2.26. The van der Waals surface area contributed by atoms with E-state index in [2.05, 4.69) is 11.1 Å². The Hall–Kier alpha value is -2.74. The minimum atomic E-state index is 0.590. The fraction of sp³-hybridized carbons (Fsp3) is 0.200. The van der Waals surface area contributed by atoms with Gasteiger partial charge in [-0.25, -0.2) is 0 Å². The average molecular weight is 268 g/mol. The topological polar surface area (TPSA) is 75.2 Å². The summed E-state index contributed by atoms with van der Waals surface area (Å²) in [6.07, 6.45) is 3.32. The van der Waals surface area contributed by atoms with Gasteiger partial charge in [-0.15, -0.1) is 0 Å². The van der Waals surface area contributed by atoms with Gasteiger partial charge in [0, 0.05) is 25.4 Å². The van der Waals surface area contributed by atoms with E-state index in [-0.39, 0.29) is 0 Å². The maximum Gasteiger partial charge on any atom is 0.123 e. The SMILES string of the molecule is COc1ccc(C#N)cc1CN(C)c1ccncc1N. The number of rotatable bonds is 4. The number of anilines is 2. The zero-order chi connectivity index (χ0) is 14.5. The molecule has 20 heavy (non-hydrogen) atoms. The number of benzene rings is 1. The van der Waals surface area contributed by atoms with Gasteiger partial charge in [0.1, 0.15) is 5.75 Å². The lowest BCUT2D eigenvalue weighted by molar-refractivity contribution is 0.409. The van der Waals surface area contributed by atoms with E-state index < -0.39 is 0 Å². The van der Waals surface area contributed by atoms with E-state index in [1.165, 1.54) is 0 Å². The van der Waals surface area contributed by atoms with Gasteiger partial charge in [-0.3, -0.25) is 4.98 Å². The van der Waals surface area contributed by atoms with Crippen LogP contribution in [0.3, 0.4) is 0 Å². The smallest absolute Gasteiger partial charge is 0.123 e. The number of nitrogens with two attached hydrogens (primary N) is 1. The molecule has 0 radical (unpaired) electrons. The number of hydrogen-bond donors (Lipinski definition) is 1. The summed E-state index contributed by atoms with van der Waals surface area (Å²) in [7, 11) is 3.55. The summed E-state index contributed by atoms with van der Waals surface area (Å²) in [4.78, 5) is 5.97. The standard InChI is InChI=1S/C15H16N4O/c1-19(14-5-6-18-9-13(14)17)10-12-7-11(8-16)3-4-15(12)20-2/h3-7,9H,10,17H2,1-2H3. The highest BCUT2D eigenvalue weighted by molar-refractivity contribution is 5.65. The van der Waals surface area contributed by atoms with Gasteiger partial charge in [0.05, 0.1) is 36.3 Å². The van der Waals surface area contributed by atoms with Crippen molar-refractivity contribution in [1.29, 1.82) is 5.26 Å². The quantitative estimate of drug-likeness (QED) is 0.919. The lowest BCUT2D eigenvalue weighted by Gasteiger charge is -2.22. The lowest BCUT2D eigenvalue weighted by atomic mass is 10.1. The van der Waals surface area contributed by atoms with Crippen LogP contribution < -0.4 is 15.4 Å². The largest absolute Gasteiger partial charge is 0.496 e. The molecule has 102 valence electrons. The zero-order valence-electron chi connectivity index (χ0n) is 11.5. The average Bonchev–Trinajstić information content (AvgIpc) is 2.47. The summed E-state index contributed by atoms with van der Waals surface area (Å²) in [6.45, 7) is 0.590. The van der Waals surface area contributed by atoms with E-state index in [0.717, 1.165) is 17.0 Å². The second-order valence-electron chi connectivity index (χ2n) is 4.43. The van der Waals surface area contributed by atoms with Crippen LogP contribution in [0.1, 0.15) is 11.1 Å². The van der Waals surface area contributed by atoms with Crippen molar-refractivity contribution in [2.75, 3.05) is 24.8 Å². The Morgan fingerprint density at radius 1 is 1.40 bits per heavy atom. The normalized spacial score (nSPS) is 9.85. The van der Waals surface area contributed by atoms with Crippen LogP contribution in [-0.4, -0.2) is 19.1 Å². The van der Waals surface area contributed by atoms with Gasteiger partial charge in [0.25, 0.3) is 0 Å². The summed E-state index contributed by atoms with van der Waals surface area (Å²) < 4.78 is 5.33. The molecular weight excluding hydrogens is 252 g/mol. The summed E-state index contributed by atoms with van der Waals surface area (Å²) in [5, 5.41) is 8.99.